The lowest BCUT2D eigenvalue weighted by Crippen LogP contribution is -2.32. The third kappa shape index (κ3) is 4.61. The van der Waals surface area contributed by atoms with Gasteiger partial charge in [0.15, 0.2) is 9.84 Å². The lowest BCUT2D eigenvalue weighted by Gasteiger charge is -2.34. The number of hydrogen-bond donors (Lipinski definition) is 0. The average molecular weight is 630 g/mol. The van der Waals surface area contributed by atoms with Crippen LogP contribution in [0.5, 0.6) is 0 Å². The molecule has 45 heavy (non-hydrogen) atoms. The summed E-state index contributed by atoms with van der Waals surface area (Å²) in [7, 11) is -4.02. The number of imide groups is 1. The van der Waals surface area contributed by atoms with Gasteiger partial charge in [-0.05, 0) is 49.4 Å². The van der Waals surface area contributed by atoms with E-state index >= 15 is 0 Å². The molecule has 2 amide bonds. The van der Waals surface area contributed by atoms with E-state index in [9.17, 15) is 41.7 Å². The first kappa shape index (κ1) is 29.3. The molecule has 2 aliphatic heterocycles. The molecule has 6 rings (SSSR count). The van der Waals surface area contributed by atoms with Gasteiger partial charge in [-0.15, -0.1) is 5.10 Å². The van der Waals surface area contributed by atoms with Gasteiger partial charge in [0, 0.05) is 23.2 Å². The first-order valence-electron chi connectivity index (χ1n) is 13.0. The maximum absolute atomic E-state index is 13.7. The Bertz CT molecular complexity index is 2160. The molecule has 0 bridgehead atoms. The summed E-state index contributed by atoms with van der Waals surface area (Å²) in [6.45, 7) is 1.44. The van der Waals surface area contributed by atoms with Crippen LogP contribution in [0.3, 0.4) is 0 Å². The zero-order chi connectivity index (χ0) is 32.4. The van der Waals surface area contributed by atoms with Crippen molar-refractivity contribution in [1.82, 2.24) is 14.8 Å². The number of halogens is 3. The fourth-order valence-corrected chi connectivity index (χ4v) is 6.35. The van der Waals surface area contributed by atoms with E-state index in [2.05, 4.69) is 10.1 Å². The molecule has 0 aliphatic carbocycles. The number of alkyl halides is 3. The van der Waals surface area contributed by atoms with Gasteiger partial charge in [-0.1, -0.05) is 24.3 Å². The summed E-state index contributed by atoms with van der Waals surface area (Å²) in [5.74, 6) is -2.15. The molecule has 0 saturated carbocycles. The number of benzene rings is 3. The molecule has 0 spiro atoms. The summed E-state index contributed by atoms with van der Waals surface area (Å²) in [5.41, 5.74) is -0.903. The van der Waals surface area contributed by atoms with Gasteiger partial charge >= 0.3 is 6.18 Å². The summed E-state index contributed by atoms with van der Waals surface area (Å²) in [6.07, 6.45) is -3.80. The van der Waals surface area contributed by atoms with Crippen molar-refractivity contribution < 1.29 is 31.2 Å². The van der Waals surface area contributed by atoms with E-state index < -0.39 is 45.4 Å². The Morgan fingerprint density at radius 3 is 2.13 bits per heavy atom. The number of carbonyl (C=O) groups is 2. The predicted molar refractivity (Wildman–Crippen MR) is 152 cm³/mol. The molecule has 3 heterocycles. The van der Waals surface area contributed by atoms with Crippen LogP contribution in [0.1, 0.15) is 50.4 Å². The molecule has 2 aliphatic rings. The van der Waals surface area contributed by atoms with Crippen LogP contribution in [-0.4, -0.2) is 41.3 Å². The number of carbonyl (C=O) groups excluding carboxylic acids is 2. The lowest BCUT2D eigenvalue weighted by molar-refractivity contribution is -0.137. The number of hydrogen-bond acceptors (Lipinski definition) is 9. The Kier molecular flexibility index (Phi) is 6.60. The van der Waals surface area contributed by atoms with Crippen molar-refractivity contribution in [3.8, 4) is 12.1 Å². The Hall–Kier alpha value is -5.80. The highest BCUT2D eigenvalue weighted by atomic mass is 32.2. The minimum atomic E-state index is -4.71. The van der Waals surface area contributed by atoms with Crippen molar-refractivity contribution in [2.45, 2.75) is 24.0 Å². The van der Waals surface area contributed by atoms with Crippen LogP contribution >= 0.6 is 0 Å². The Balaban J connectivity index is 1.64. The molecular weight excluding hydrogens is 611 g/mol. The SMILES string of the molecule is CC1=C(C#N)C(c2ccc(C#N)cc2S(C)(=O)=O)n2nc(N3C(=O)c4ccccc4C3=O)nc2N1c1cccc(C(F)(F)F)c1. The van der Waals surface area contributed by atoms with Crippen LogP contribution in [0, 0.1) is 22.7 Å². The largest absolute Gasteiger partial charge is 0.416 e. The molecule has 11 nitrogen and oxygen atoms in total. The standard InChI is InChI=1S/C30H18F3N7O4S/c1-16-23(15-35)25(22-11-10-17(14-34)12-24(22)45(2,43)44)40-29(38(16)19-7-5-6-18(13-19)30(31,32)33)36-28(37-40)39-26(41)20-8-3-4-9-21(20)27(39)42/h3-13,25H,1-2H3. The van der Waals surface area contributed by atoms with E-state index in [1.54, 1.807) is 12.1 Å². The first-order valence-corrected chi connectivity index (χ1v) is 14.9. The van der Waals surface area contributed by atoms with Gasteiger partial charge < -0.3 is 0 Å². The molecule has 15 heteroatoms. The molecule has 1 unspecified atom stereocenters. The van der Waals surface area contributed by atoms with E-state index in [-0.39, 0.29) is 50.1 Å². The van der Waals surface area contributed by atoms with E-state index in [0.717, 1.165) is 35.2 Å². The Labute approximate surface area is 253 Å². The fraction of sp³-hybridized carbons (Fsp3) is 0.133. The quantitative estimate of drug-likeness (QED) is 0.287. The Morgan fingerprint density at radius 2 is 1.56 bits per heavy atom. The van der Waals surface area contributed by atoms with Gasteiger partial charge in [-0.3, -0.25) is 14.5 Å². The van der Waals surface area contributed by atoms with E-state index in [0.29, 0.717) is 4.90 Å². The monoisotopic (exact) mass is 629 g/mol. The second kappa shape index (κ2) is 10.1. The van der Waals surface area contributed by atoms with E-state index in [1.165, 1.54) is 42.2 Å². The van der Waals surface area contributed by atoms with Gasteiger partial charge in [0.05, 0.1) is 44.9 Å². The molecule has 1 atom stereocenters. The summed E-state index contributed by atoms with van der Waals surface area (Å²) in [6, 6.07) is 16.6. The molecule has 0 saturated heterocycles. The first-order chi connectivity index (χ1) is 21.3. The normalized spacial score (nSPS) is 16.4. The highest BCUT2D eigenvalue weighted by Crippen LogP contribution is 2.45. The van der Waals surface area contributed by atoms with Crippen molar-refractivity contribution >= 4 is 39.2 Å². The third-order valence-electron chi connectivity index (χ3n) is 7.43. The zero-order valence-corrected chi connectivity index (χ0v) is 24.1. The van der Waals surface area contributed by atoms with Crippen LogP contribution < -0.4 is 9.80 Å². The van der Waals surface area contributed by atoms with Crippen LogP contribution in [-0.2, 0) is 16.0 Å². The number of rotatable bonds is 4. The number of sulfone groups is 1. The van der Waals surface area contributed by atoms with Crippen LogP contribution in [0.4, 0.5) is 30.8 Å². The number of nitrogens with zero attached hydrogens (tertiary/aromatic N) is 7. The number of allylic oxidation sites excluding steroid dienone is 2. The number of fused-ring (bicyclic) bond motifs is 2. The maximum atomic E-state index is 13.7. The van der Waals surface area contributed by atoms with E-state index in [1.807, 2.05) is 12.1 Å². The van der Waals surface area contributed by atoms with Gasteiger partial charge in [-0.2, -0.15) is 28.7 Å². The van der Waals surface area contributed by atoms with Crippen molar-refractivity contribution in [3.05, 3.63) is 106 Å². The molecule has 4 aromatic rings. The fourth-order valence-electron chi connectivity index (χ4n) is 5.40. The second-order valence-corrected chi connectivity index (χ2v) is 12.2. The zero-order valence-electron chi connectivity index (χ0n) is 23.2. The van der Waals surface area contributed by atoms with Gasteiger partial charge in [0.25, 0.3) is 17.8 Å². The minimum Gasteiger partial charge on any atom is -0.282 e. The number of aromatic nitrogens is 3. The van der Waals surface area contributed by atoms with Gasteiger partial charge in [-0.25, -0.2) is 18.0 Å². The molecule has 3 aromatic carbocycles. The van der Waals surface area contributed by atoms with Crippen LogP contribution in [0.25, 0.3) is 0 Å². The maximum Gasteiger partial charge on any atom is 0.416 e. The molecule has 0 radical (unpaired) electrons. The third-order valence-corrected chi connectivity index (χ3v) is 8.58. The smallest absolute Gasteiger partial charge is 0.282 e. The number of nitriles is 2. The van der Waals surface area contributed by atoms with Crippen molar-refractivity contribution in [2.24, 2.45) is 0 Å². The van der Waals surface area contributed by atoms with Crippen molar-refractivity contribution in [3.63, 3.8) is 0 Å². The molecular formula is C30H18F3N7O4S. The average Bonchev–Trinajstić information content (AvgIpc) is 3.53. The van der Waals surface area contributed by atoms with Crippen LogP contribution in [0.15, 0.2) is 82.9 Å². The number of anilines is 3. The van der Waals surface area contributed by atoms with Gasteiger partial charge in [0.2, 0.25) is 5.95 Å². The van der Waals surface area contributed by atoms with Crippen molar-refractivity contribution in [2.75, 3.05) is 16.1 Å². The van der Waals surface area contributed by atoms with Gasteiger partial charge in [0.1, 0.15) is 6.04 Å². The van der Waals surface area contributed by atoms with Crippen LogP contribution in [0.2, 0.25) is 0 Å². The predicted octanol–water partition coefficient (Wildman–Crippen LogP) is 4.91. The Morgan fingerprint density at radius 1 is 0.889 bits per heavy atom. The summed E-state index contributed by atoms with van der Waals surface area (Å²) < 4.78 is 68.1. The van der Waals surface area contributed by atoms with E-state index in [4.69, 9.17) is 0 Å². The lowest BCUT2D eigenvalue weighted by atomic mass is 9.95. The number of amides is 2. The minimum absolute atomic E-state index is 0.0103. The molecule has 1 aromatic heterocycles. The summed E-state index contributed by atoms with van der Waals surface area (Å²) in [4.78, 5) is 32.7. The molecule has 224 valence electrons. The summed E-state index contributed by atoms with van der Waals surface area (Å²) in [5, 5.41) is 24.2. The second-order valence-electron chi connectivity index (χ2n) is 10.2. The summed E-state index contributed by atoms with van der Waals surface area (Å²) >= 11 is 0. The topological polar surface area (TPSA) is 153 Å². The molecule has 0 fully saturated rings. The van der Waals surface area contributed by atoms with Crippen molar-refractivity contribution in [1.29, 1.82) is 10.5 Å². The highest BCUT2D eigenvalue weighted by Gasteiger charge is 2.43. The highest BCUT2D eigenvalue weighted by molar-refractivity contribution is 7.90. The molecule has 0 N–H and O–H groups in total.